The quantitative estimate of drug-likeness (QED) is 0.241. The molecule has 14 heteroatoms. The summed E-state index contributed by atoms with van der Waals surface area (Å²) < 4.78 is 0. The fourth-order valence-electron chi connectivity index (χ4n) is 2.32. The third-order valence-electron chi connectivity index (χ3n) is 4.00. The predicted molar refractivity (Wildman–Crippen MR) is 105 cm³/mol. The van der Waals surface area contributed by atoms with Crippen molar-refractivity contribution in [2.75, 3.05) is 0 Å². The molecule has 0 heterocycles. The number of rotatable bonds is 6. The van der Waals surface area contributed by atoms with Gasteiger partial charge < -0.3 is 59.4 Å². The fourth-order valence-corrected chi connectivity index (χ4v) is 2.32. The van der Waals surface area contributed by atoms with Gasteiger partial charge in [0.1, 0.15) is 0 Å². The standard InChI is InChI=1S/3C8H6O4.2Fe/c3*9-7(10)5-2-1-3-6(4-5)8(11)12;;/h3*1-4H,(H,9,10)(H,11,12);;/q;;;2*+3/p-6. The molecule has 12 nitrogen and oxygen atoms in total. The summed E-state index contributed by atoms with van der Waals surface area (Å²) in [6.07, 6.45) is 0. The van der Waals surface area contributed by atoms with Crippen LogP contribution in [0.1, 0.15) is 62.1 Å². The van der Waals surface area contributed by atoms with Gasteiger partial charge in [0.25, 0.3) is 0 Å². The van der Waals surface area contributed by atoms with Crippen LogP contribution < -0.4 is 30.6 Å². The Kier molecular flexibility index (Phi) is 16.0. The molecule has 0 unspecified atom stereocenters. The molecule has 0 aliphatic carbocycles. The van der Waals surface area contributed by atoms with Gasteiger partial charge in [-0.15, -0.1) is 0 Å². The minimum Gasteiger partial charge on any atom is -0.545 e. The Bertz CT molecular complexity index is 1070. The Labute approximate surface area is 235 Å². The van der Waals surface area contributed by atoms with Crippen molar-refractivity contribution in [1.29, 1.82) is 0 Å². The van der Waals surface area contributed by atoms with Gasteiger partial charge in [-0.05, 0) is 51.6 Å². The van der Waals surface area contributed by atoms with Crippen molar-refractivity contribution in [2.45, 2.75) is 0 Å². The molecule has 0 atom stereocenters. The van der Waals surface area contributed by atoms with Gasteiger partial charge in [-0.1, -0.05) is 54.6 Å². The molecule has 0 aliphatic rings. The second-order valence-electron chi connectivity index (χ2n) is 6.47. The smallest absolute Gasteiger partial charge is 0.545 e. The Morgan fingerprint density at radius 1 is 0.342 bits per heavy atom. The zero-order valence-electron chi connectivity index (χ0n) is 18.5. The Balaban J connectivity index is 0. The van der Waals surface area contributed by atoms with E-state index in [0.29, 0.717) is 0 Å². The molecule has 196 valence electrons. The molecule has 38 heavy (non-hydrogen) atoms. The number of benzene rings is 3. The second kappa shape index (κ2) is 17.1. The first-order chi connectivity index (χ1) is 16.8. The maximum atomic E-state index is 10.3. The molecule has 3 rings (SSSR count). The third-order valence-corrected chi connectivity index (χ3v) is 4.00. The first-order valence-electron chi connectivity index (χ1n) is 9.41. The monoisotopic (exact) mass is 604 g/mol. The van der Waals surface area contributed by atoms with Crippen molar-refractivity contribution in [1.82, 2.24) is 0 Å². The van der Waals surface area contributed by atoms with Crippen molar-refractivity contribution < 1.29 is 93.5 Å². The topological polar surface area (TPSA) is 241 Å². The molecule has 0 spiro atoms. The average Bonchev–Trinajstić information content (AvgIpc) is 2.85. The summed E-state index contributed by atoms with van der Waals surface area (Å²) in [5, 5.41) is 61.5. The molecule has 3 aromatic carbocycles. The number of carbonyl (C=O) groups excluding carboxylic acids is 6. The minimum absolute atomic E-state index is 0. The van der Waals surface area contributed by atoms with Gasteiger partial charge in [0.2, 0.25) is 0 Å². The van der Waals surface area contributed by atoms with E-state index in [9.17, 15) is 59.4 Å². The normalized spacial score (nSPS) is 8.84. The largest absolute Gasteiger partial charge is 3.00 e. The Morgan fingerprint density at radius 3 is 0.579 bits per heavy atom. The maximum Gasteiger partial charge on any atom is 3.00 e. The minimum atomic E-state index is -1.40. The molecule has 0 amide bonds. The first kappa shape index (κ1) is 35.7. The molecule has 0 fully saturated rings. The second-order valence-corrected chi connectivity index (χ2v) is 6.47. The number of hydrogen-bond donors (Lipinski definition) is 0. The van der Waals surface area contributed by atoms with Crippen LogP contribution in [0.2, 0.25) is 0 Å². The Morgan fingerprint density at radius 2 is 0.474 bits per heavy atom. The molecule has 0 saturated heterocycles. The van der Waals surface area contributed by atoms with E-state index in [4.69, 9.17) is 0 Å². The molecule has 3 aromatic rings. The van der Waals surface area contributed by atoms with Crippen molar-refractivity contribution in [2.24, 2.45) is 0 Å². The van der Waals surface area contributed by atoms with Gasteiger partial charge in [0.15, 0.2) is 0 Å². The van der Waals surface area contributed by atoms with Crippen molar-refractivity contribution in [3.63, 3.8) is 0 Å². The molecule has 0 bridgehead atoms. The number of carboxylic acids is 6. The van der Waals surface area contributed by atoms with Gasteiger partial charge in [-0.3, -0.25) is 0 Å². The molecule has 0 aromatic heterocycles. The molecule has 0 N–H and O–H groups in total. The number of aromatic carboxylic acids is 6. The van der Waals surface area contributed by atoms with Crippen molar-refractivity contribution in [3.8, 4) is 0 Å². The number of carboxylic acid groups (broad SMARTS) is 6. The summed E-state index contributed by atoms with van der Waals surface area (Å²) >= 11 is 0. The average molecular weight is 604 g/mol. The van der Waals surface area contributed by atoms with E-state index >= 15 is 0 Å². The third kappa shape index (κ3) is 12.0. The van der Waals surface area contributed by atoms with E-state index in [1.165, 1.54) is 54.6 Å². The summed E-state index contributed by atoms with van der Waals surface area (Å²) in [5.74, 6) is -8.43. The SMILES string of the molecule is O=C([O-])c1cccc(C(=O)[O-])c1.O=C([O-])c1cccc(C(=O)[O-])c1.O=C([O-])c1cccc(C(=O)[O-])c1.[Fe+3].[Fe+3]. The van der Waals surface area contributed by atoms with Crippen LogP contribution >= 0.6 is 0 Å². The van der Waals surface area contributed by atoms with Crippen LogP contribution in [-0.4, -0.2) is 35.8 Å². The van der Waals surface area contributed by atoms with Crippen LogP contribution in [0.25, 0.3) is 0 Å². The van der Waals surface area contributed by atoms with Gasteiger partial charge in [-0.25, -0.2) is 0 Å². The van der Waals surface area contributed by atoms with E-state index in [-0.39, 0.29) is 67.5 Å². The first-order valence-corrected chi connectivity index (χ1v) is 9.41. The number of hydrogen-bond acceptors (Lipinski definition) is 12. The number of carbonyl (C=O) groups is 6. The zero-order valence-corrected chi connectivity index (χ0v) is 20.7. The van der Waals surface area contributed by atoms with E-state index in [1.807, 2.05) is 0 Å². The van der Waals surface area contributed by atoms with E-state index in [0.717, 1.165) is 18.2 Å². The molecule has 0 saturated carbocycles. The summed E-state index contributed by atoms with van der Waals surface area (Å²) in [6, 6.07) is 14.4. The van der Waals surface area contributed by atoms with Gasteiger partial charge in [0, 0.05) is 0 Å². The van der Waals surface area contributed by atoms with Gasteiger partial charge in [0.05, 0.1) is 35.8 Å². The van der Waals surface area contributed by atoms with E-state index < -0.39 is 35.8 Å². The van der Waals surface area contributed by atoms with Crippen LogP contribution in [0.3, 0.4) is 0 Å². The van der Waals surface area contributed by atoms with Gasteiger partial charge >= 0.3 is 34.1 Å². The van der Waals surface area contributed by atoms with Crippen LogP contribution in [0, 0.1) is 0 Å². The maximum absolute atomic E-state index is 10.3. The van der Waals surface area contributed by atoms with E-state index in [1.54, 1.807) is 0 Å². The molecule has 2 radical (unpaired) electrons. The van der Waals surface area contributed by atoms with Crippen LogP contribution in [0.4, 0.5) is 0 Å². The van der Waals surface area contributed by atoms with Crippen LogP contribution in [0.15, 0.2) is 72.8 Å². The van der Waals surface area contributed by atoms with Crippen molar-refractivity contribution >= 4 is 35.8 Å². The van der Waals surface area contributed by atoms with Crippen LogP contribution in [-0.2, 0) is 34.1 Å². The summed E-state index contributed by atoms with van der Waals surface area (Å²) in [4.78, 5) is 61.5. The van der Waals surface area contributed by atoms with Crippen LogP contribution in [0.5, 0.6) is 0 Å². The zero-order chi connectivity index (χ0) is 27.4. The molecule has 0 aliphatic heterocycles. The van der Waals surface area contributed by atoms with Crippen molar-refractivity contribution in [3.05, 3.63) is 106 Å². The fraction of sp³-hybridized carbons (Fsp3) is 0. The predicted octanol–water partition coefficient (Wildman–Crippen LogP) is -4.76. The summed E-state index contributed by atoms with van der Waals surface area (Å²) in [5.41, 5.74) is -1.02. The Hall–Kier alpha value is -4.48. The summed E-state index contributed by atoms with van der Waals surface area (Å²) in [6.45, 7) is 0. The van der Waals surface area contributed by atoms with Gasteiger partial charge in [-0.2, -0.15) is 0 Å². The summed E-state index contributed by atoms with van der Waals surface area (Å²) in [7, 11) is 0. The molecular formula is C24H12Fe2O12. The molecular weight excluding hydrogens is 592 g/mol. The van der Waals surface area contributed by atoms with E-state index in [2.05, 4.69) is 0 Å².